The van der Waals surface area contributed by atoms with Crippen LogP contribution < -0.4 is 11.5 Å². The Morgan fingerprint density at radius 1 is 1.50 bits per heavy atom. The summed E-state index contributed by atoms with van der Waals surface area (Å²) in [6.07, 6.45) is -0.642. The fraction of sp³-hybridized carbons (Fsp3) is 0.300. The molecule has 0 spiro atoms. The topological polar surface area (TPSA) is 84.6 Å². The zero-order chi connectivity index (χ0) is 10.6. The Morgan fingerprint density at radius 3 is 2.79 bits per heavy atom. The molecular weight excluding hydrogens is 178 g/mol. The zero-order valence-corrected chi connectivity index (χ0v) is 8.14. The molecule has 0 saturated carbocycles. The Balaban J connectivity index is 2.69. The SMILES string of the molecule is Cc1cccc(C(O)CN=C(N)N)c1. The summed E-state index contributed by atoms with van der Waals surface area (Å²) in [5.74, 6) is -0.00305. The van der Waals surface area contributed by atoms with Gasteiger partial charge in [0.05, 0.1) is 12.6 Å². The van der Waals surface area contributed by atoms with Gasteiger partial charge in [-0.15, -0.1) is 0 Å². The van der Waals surface area contributed by atoms with Crippen LogP contribution in [0.25, 0.3) is 0 Å². The van der Waals surface area contributed by atoms with Crippen LogP contribution in [0.2, 0.25) is 0 Å². The van der Waals surface area contributed by atoms with Crippen LogP contribution in [-0.2, 0) is 0 Å². The molecule has 0 fully saturated rings. The first-order chi connectivity index (χ1) is 6.59. The van der Waals surface area contributed by atoms with Crippen LogP contribution in [0.5, 0.6) is 0 Å². The number of aliphatic imine (C=N–C) groups is 1. The van der Waals surface area contributed by atoms with Crippen molar-refractivity contribution < 1.29 is 5.11 Å². The van der Waals surface area contributed by atoms with Gasteiger partial charge in [-0.25, -0.2) is 0 Å². The molecule has 0 radical (unpaired) electrons. The molecule has 1 aromatic carbocycles. The van der Waals surface area contributed by atoms with Crippen LogP contribution in [0.1, 0.15) is 17.2 Å². The summed E-state index contributed by atoms with van der Waals surface area (Å²) in [4.78, 5) is 3.75. The third kappa shape index (κ3) is 3.06. The lowest BCUT2D eigenvalue weighted by molar-refractivity contribution is 0.187. The lowest BCUT2D eigenvalue weighted by Gasteiger charge is -2.08. The second kappa shape index (κ2) is 4.62. The first-order valence-electron chi connectivity index (χ1n) is 4.39. The highest BCUT2D eigenvalue weighted by Crippen LogP contribution is 2.14. The first kappa shape index (κ1) is 10.5. The van der Waals surface area contributed by atoms with E-state index in [9.17, 15) is 5.11 Å². The molecule has 0 heterocycles. The lowest BCUT2D eigenvalue weighted by atomic mass is 10.1. The predicted molar refractivity (Wildman–Crippen MR) is 56.8 cm³/mol. The number of rotatable bonds is 3. The lowest BCUT2D eigenvalue weighted by Crippen LogP contribution is -2.23. The van der Waals surface area contributed by atoms with Crippen LogP contribution in [0.3, 0.4) is 0 Å². The molecule has 5 N–H and O–H groups in total. The summed E-state index contributed by atoms with van der Waals surface area (Å²) in [5.41, 5.74) is 12.3. The number of benzene rings is 1. The second-order valence-corrected chi connectivity index (χ2v) is 3.20. The number of aryl methyl sites for hydroxylation is 1. The number of nitrogens with two attached hydrogens (primary N) is 2. The van der Waals surface area contributed by atoms with Crippen molar-refractivity contribution in [2.45, 2.75) is 13.0 Å². The van der Waals surface area contributed by atoms with E-state index in [1.165, 1.54) is 0 Å². The van der Waals surface area contributed by atoms with Crippen molar-refractivity contribution in [2.24, 2.45) is 16.5 Å². The zero-order valence-electron chi connectivity index (χ0n) is 8.14. The Morgan fingerprint density at radius 2 is 2.21 bits per heavy atom. The average molecular weight is 193 g/mol. The summed E-state index contributed by atoms with van der Waals surface area (Å²) in [5, 5.41) is 9.68. The molecule has 0 amide bonds. The molecule has 76 valence electrons. The fourth-order valence-electron chi connectivity index (χ4n) is 1.17. The van der Waals surface area contributed by atoms with Crippen molar-refractivity contribution in [3.63, 3.8) is 0 Å². The number of aliphatic hydroxyl groups is 1. The third-order valence-electron chi connectivity index (χ3n) is 1.87. The maximum Gasteiger partial charge on any atom is 0.186 e. The minimum absolute atomic E-state index is 0.00305. The van der Waals surface area contributed by atoms with Crippen LogP contribution in [0, 0.1) is 6.92 Å². The van der Waals surface area contributed by atoms with Crippen LogP contribution in [-0.4, -0.2) is 17.6 Å². The Bertz CT molecular complexity index is 332. The smallest absolute Gasteiger partial charge is 0.186 e. The molecule has 0 aliphatic carbocycles. The van der Waals surface area contributed by atoms with E-state index in [1.54, 1.807) is 0 Å². The Kier molecular flexibility index (Phi) is 3.48. The maximum atomic E-state index is 9.68. The van der Waals surface area contributed by atoms with Crippen molar-refractivity contribution in [1.82, 2.24) is 0 Å². The highest BCUT2D eigenvalue weighted by atomic mass is 16.3. The molecule has 0 bridgehead atoms. The number of hydrogen-bond donors (Lipinski definition) is 3. The summed E-state index contributed by atoms with van der Waals surface area (Å²) in [7, 11) is 0. The largest absolute Gasteiger partial charge is 0.386 e. The third-order valence-corrected chi connectivity index (χ3v) is 1.87. The van der Waals surface area contributed by atoms with E-state index >= 15 is 0 Å². The molecule has 1 unspecified atom stereocenters. The van der Waals surface area contributed by atoms with Gasteiger partial charge in [0.15, 0.2) is 5.96 Å². The van der Waals surface area contributed by atoms with Gasteiger partial charge in [-0.05, 0) is 12.5 Å². The molecule has 4 heteroatoms. The first-order valence-corrected chi connectivity index (χ1v) is 4.39. The monoisotopic (exact) mass is 193 g/mol. The Hall–Kier alpha value is -1.55. The van der Waals surface area contributed by atoms with Crippen molar-refractivity contribution in [3.8, 4) is 0 Å². The molecule has 0 aliphatic heterocycles. The quantitative estimate of drug-likeness (QED) is 0.477. The number of nitrogens with zero attached hydrogens (tertiary/aromatic N) is 1. The molecule has 0 aliphatic rings. The molecule has 1 aromatic rings. The second-order valence-electron chi connectivity index (χ2n) is 3.20. The minimum atomic E-state index is -0.642. The normalized spacial score (nSPS) is 12.1. The van der Waals surface area contributed by atoms with Gasteiger partial charge in [0, 0.05) is 0 Å². The summed E-state index contributed by atoms with van der Waals surface area (Å²) in [6.45, 7) is 2.17. The molecule has 0 saturated heterocycles. The number of hydrogen-bond acceptors (Lipinski definition) is 2. The molecule has 1 rings (SSSR count). The standard InChI is InChI=1S/C10H15N3O/c1-7-3-2-4-8(5-7)9(14)6-13-10(11)12/h2-5,9,14H,6H2,1H3,(H4,11,12,13). The van der Waals surface area contributed by atoms with Crippen molar-refractivity contribution >= 4 is 5.96 Å². The van der Waals surface area contributed by atoms with E-state index in [-0.39, 0.29) is 12.5 Å². The van der Waals surface area contributed by atoms with Gasteiger partial charge in [0.2, 0.25) is 0 Å². The van der Waals surface area contributed by atoms with Crippen LogP contribution in [0.15, 0.2) is 29.3 Å². The van der Waals surface area contributed by atoms with E-state index in [0.29, 0.717) is 0 Å². The number of guanidine groups is 1. The Labute approximate surface area is 83.3 Å². The highest BCUT2D eigenvalue weighted by Gasteiger charge is 2.05. The summed E-state index contributed by atoms with van der Waals surface area (Å²) < 4.78 is 0. The highest BCUT2D eigenvalue weighted by molar-refractivity contribution is 5.75. The predicted octanol–water partition coefficient (Wildman–Crippen LogP) is 0.302. The molecule has 4 nitrogen and oxygen atoms in total. The van der Waals surface area contributed by atoms with Gasteiger partial charge in [-0.1, -0.05) is 29.8 Å². The van der Waals surface area contributed by atoms with Gasteiger partial charge < -0.3 is 16.6 Å². The van der Waals surface area contributed by atoms with Crippen molar-refractivity contribution in [3.05, 3.63) is 35.4 Å². The average Bonchev–Trinajstić information content (AvgIpc) is 2.14. The molecule has 14 heavy (non-hydrogen) atoms. The number of aliphatic hydroxyl groups excluding tert-OH is 1. The minimum Gasteiger partial charge on any atom is -0.386 e. The molecule has 0 aromatic heterocycles. The fourth-order valence-corrected chi connectivity index (χ4v) is 1.17. The van der Waals surface area contributed by atoms with E-state index < -0.39 is 6.10 Å². The van der Waals surface area contributed by atoms with Gasteiger partial charge >= 0.3 is 0 Å². The van der Waals surface area contributed by atoms with Crippen molar-refractivity contribution in [1.29, 1.82) is 0 Å². The van der Waals surface area contributed by atoms with Gasteiger partial charge in [-0.3, -0.25) is 4.99 Å². The van der Waals surface area contributed by atoms with Crippen molar-refractivity contribution in [2.75, 3.05) is 6.54 Å². The van der Waals surface area contributed by atoms with Crippen LogP contribution in [0.4, 0.5) is 0 Å². The van der Waals surface area contributed by atoms with Crippen LogP contribution >= 0.6 is 0 Å². The summed E-state index contributed by atoms with van der Waals surface area (Å²) >= 11 is 0. The van der Waals surface area contributed by atoms with E-state index in [0.717, 1.165) is 11.1 Å². The maximum absolute atomic E-state index is 9.68. The van der Waals surface area contributed by atoms with E-state index in [1.807, 2.05) is 31.2 Å². The molecular formula is C10H15N3O. The van der Waals surface area contributed by atoms with Gasteiger partial charge in [0.1, 0.15) is 0 Å². The summed E-state index contributed by atoms with van der Waals surface area (Å²) in [6, 6.07) is 7.62. The van der Waals surface area contributed by atoms with E-state index in [2.05, 4.69) is 4.99 Å². The molecule has 1 atom stereocenters. The van der Waals surface area contributed by atoms with E-state index in [4.69, 9.17) is 11.5 Å². The van der Waals surface area contributed by atoms with Gasteiger partial charge in [-0.2, -0.15) is 0 Å². The van der Waals surface area contributed by atoms with Gasteiger partial charge in [0.25, 0.3) is 0 Å².